The Hall–Kier alpha value is -4.80. The Morgan fingerprint density at radius 1 is 1.05 bits per heavy atom. The maximum Gasteiger partial charge on any atom is 0.337 e. The number of methoxy groups -OCH3 is 1. The van der Waals surface area contributed by atoms with Crippen LogP contribution in [-0.4, -0.2) is 24.1 Å². The molecule has 0 bridgehead atoms. The van der Waals surface area contributed by atoms with Crippen LogP contribution in [0.25, 0.3) is 16.8 Å². The molecule has 4 rings (SSSR count). The van der Waals surface area contributed by atoms with E-state index >= 15 is 0 Å². The van der Waals surface area contributed by atoms with Gasteiger partial charge in [0.25, 0.3) is 5.91 Å². The van der Waals surface area contributed by atoms with Crippen LogP contribution in [0.5, 0.6) is 11.5 Å². The van der Waals surface area contributed by atoms with Gasteiger partial charge in [0.05, 0.1) is 23.4 Å². The molecule has 7 nitrogen and oxygen atoms in total. The van der Waals surface area contributed by atoms with Crippen LogP contribution in [0.3, 0.4) is 0 Å². The Kier molecular flexibility index (Phi) is 7.72. The van der Waals surface area contributed by atoms with Crippen LogP contribution in [0.15, 0.2) is 84.4 Å². The van der Waals surface area contributed by atoms with Crippen molar-refractivity contribution in [2.24, 2.45) is 0 Å². The standard InChI is InChI=1S/C29H21ClN2O5/c1-36-26-15-18(13-21(16-31)28(33)32-25-12-5-4-11-23(25)29(34)35)14-24(30)27(26)37-17-20-9-6-8-19-7-2-3-10-22(19)20/h2-15H,17H2,1H3,(H,32,33)(H,34,35)/b21-13+. The predicted octanol–water partition coefficient (Wildman–Crippen LogP) is 6.32. The van der Waals surface area contributed by atoms with Gasteiger partial charge in [0.1, 0.15) is 18.2 Å². The number of ether oxygens (including phenoxy) is 2. The van der Waals surface area contributed by atoms with Crippen LogP contribution in [0.4, 0.5) is 5.69 Å². The average Bonchev–Trinajstić information content (AvgIpc) is 2.90. The molecule has 0 radical (unpaired) electrons. The number of rotatable bonds is 8. The van der Waals surface area contributed by atoms with Gasteiger partial charge in [-0.3, -0.25) is 4.79 Å². The first-order valence-electron chi connectivity index (χ1n) is 11.1. The number of para-hydroxylation sites is 1. The molecule has 37 heavy (non-hydrogen) atoms. The number of hydrogen-bond acceptors (Lipinski definition) is 5. The Morgan fingerprint density at radius 2 is 1.78 bits per heavy atom. The minimum atomic E-state index is -1.20. The van der Waals surface area contributed by atoms with Gasteiger partial charge in [-0.05, 0) is 52.2 Å². The Labute approximate surface area is 218 Å². The zero-order valence-corrected chi connectivity index (χ0v) is 20.5. The summed E-state index contributed by atoms with van der Waals surface area (Å²) in [6.45, 7) is 0.251. The van der Waals surface area contributed by atoms with Gasteiger partial charge in [-0.25, -0.2) is 4.79 Å². The SMILES string of the molecule is COc1cc(/C=C(\C#N)C(=O)Nc2ccccc2C(=O)O)cc(Cl)c1OCc1cccc2ccccc12. The molecule has 0 heterocycles. The Balaban J connectivity index is 1.58. The molecule has 0 atom stereocenters. The van der Waals surface area contributed by atoms with Gasteiger partial charge in [0.2, 0.25) is 0 Å². The molecule has 0 saturated heterocycles. The molecule has 4 aromatic rings. The molecular weight excluding hydrogens is 492 g/mol. The third-order valence-electron chi connectivity index (χ3n) is 5.59. The first-order chi connectivity index (χ1) is 17.9. The zero-order chi connectivity index (χ0) is 26.4. The van der Waals surface area contributed by atoms with Gasteiger partial charge in [-0.1, -0.05) is 66.2 Å². The fourth-order valence-corrected chi connectivity index (χ4v) is 4.09. The topological polar surface area (TPSA) is 109 Å². The van der Waals surface area contributed by atoms with Crippen molar-refractivity contribution in [3.8, 4) is 17.6 Å². The monoisotopic (exact) mass is 512 g/mol. The lowest BCUT2D eigenvalue weighted by molar-refractivity contribution is -0.112. The number of aromatic carboxylic acids is 1. The normalized spacial score (nSPS) is 11.0. The third kappa shape index (κ3) is 5.72. The van der Waals surface area contributed by atoms with Crippen molar-refractivity contribution >= 4 is 46.0 Å². The number of hydrogen-bond donors (Lipinski definition) is 2. The van der Waals surface area contributed by atoms with E-state index in [9.17, 15) is 20.0 Å². The molecule has 0 aliphatic carbocycles. The number of fused-ring (bicyclic) bond motifs is 1. The van der Waals surface area contributed by atoms with Crippen LogP contribution < -0.4 is 14.8 Å². The molecule has 0 spiro atoms. The van der Waals surface area contributed by atoms with Crippen molar-refractivity contribution in [3.05, 3.63) is 106 Å². The van der Waals surface area contributed by atoms with Crippen molar-refractivity contribution in [2.45, 2.75) is 6.61 Å². The number of carbonyl (C=O) groups is 2. The van der Waals surface area contributed by atoms with E-state index < -0.39 is 11.9 Å². The van der Waals surface area contributed by atoms with Gasteiger partial charge < -0.3 is 19.9 Å². The maximum atomic E-state index is 12.7. The van der Waals surface area contributed by atoms with Gasteiger partial charge in [0.15, 0.2) is 11.5 Å². The van der Waals surface area contributed by atoms with Crippen LogP contribution in [-0.2, 0) is 11.4 Å². The van der Waals surface area contributed by atoms with Crippen molar-refractivity contribution in [1.29, 1.82) is 5.26 Å². The van der Waals surface area contributed by atoms with Crippen molar-refractivity contribution in [2.75, 3.05) is 12.4 Å². The average molecular weight is 513 g/mol. The number of anilines is 1. The third-order valence-corrected chi connectivity index (χ3v) is 5.87. The predicted molar refractivity (Wildman–Crippen MR) is 142 cm³/mol. The van der Waals surface area contributed by atoms with Gasteiger partial charge >= 0.3 is 5.97 Å². The number of carboxylic acid groups (broad SMARTS) is 1. The molecule has 184 valence electrons. The van der Waals surface area contributed by atoms with Gasteiger partial charge in [-0.2, -0.15) is 5.26 Å². The lowest BCUT2D eigenvalue weighted by Crippen LogP contribution is -2.16. The van der Waals surface area contributed by atoms with Crippen LogP contribution in [0.1, 0.15) is 21.5 Å². The molecule has 2 N–H and O–H groups in total. The highest BCUT2D eigenvalue weighted by atomic mass is 35.5. The van der Waals surface area contributed by atoms with E-state index in [1.165, 1.54) is 25.3 Å². The van der Waals surface area contributed by atoms with E-state index in [1.807, 2.05) is 48.5 Å². The number of halogens is 1. The molecule has 0 aliphatic rings. The summed E-state index contributed by atoms with van der Waals surface area (Å²) in [7, 11) is 1.46. The number of amides is 1. The summed E-state index contributed by atoms with van der Waals surface area (Å²) in [4.78, 5) is 24.1. The number of benzene rings is 4. The van der Waals surface area contributed by atoms with Gasteiger partial charge in [-0.15, -0.1) is 0 Å². The maximum absolute atomic E-state index is 12.7. The number of carbonyl (C=O) groups excluding carboxylic acids is 1. The van der Waals surface area contributed by atoms with E-state index in [1.54, 1.807) is 24.3 Å². The molecule has 0 fully saturated rings. The minimum Gasteiger partial charge on any atom is -0.493 e. The molecule has 0 saturated carbocycles. The molecule has 0 unspecified atom stereocenters. The zero-order valence-electron chi connectivity index (χ0n) is 19.7. The minimum absolute atomic E-state index is 0.0777. The highest BCUT2D eigenvalue weighted by Gasteiger charge is 2.17. The summed E-state index contributed by atoms with van der Waals surface area (Å²) in [5.41, 5.74) is 1.14. The van der Waals surface area contributed by atoms with E-state index in [0.29, 0.717) is 17.1 Å². The van der Waals surface area contributed by atoms with Gasteiger partial charge in [0, 0.05) is 0 Å². The van der Waals surface area contributed by atoms with E-state index in [0.717, 1.165) is 16.3 Å². The van der Waals surface area contributed by atoms with E-state index in [-0.39, 0.29) is 28.5 Å². The number of carboxylic acids is 1. The quantitative estimate of drug-likeness (QED) is 0.211. The summed E-state index contributed by atoms with van der Waals surface area (Å²) in [5.74, 6) is -1.31. The van der Waals surface area contributed by atoms with Crippen LogP contribution in [0.2, 0.25) is 5.02 Å². The highest BCUT2D eigenvalue weighted by molar-refractivity contribution is 6.32. The second kappa shape index (κ2) is 11.3. The first-order valence-corrected chi connectivity index (χ1v) is 11.5. The summed E-state index contributed by atoms with van der Waals surface area (Å²) in [5, 5.41) is 23.8. The summed E-state index contributed by atoms with van der Waals surface area (Å²) < 4.78 is 11.5. The molecule has 0 aromatic heterocycles. The van der Waals surface area contributed by atoms with E-state index in [4.69, 9.17) is 21.1 Å². The summed E-state index contributed by atoms with van der Waals surface area (Å²) in [6.07, 6.45) is 1.33. The van der Waals surface area contributed by atoms with Crippen molar-refractivity contribution in [3.63, 3.8) is 0 Å². The molecule has 4 aromatic carbocycles. The lowest BCUT2D eigenvalue weighted by Gasteiger charge is -2.14. The number of nitrogens with zero attached hydrogens (tertiary/aromatic N) is 1. The fourth-order valence-electron chi connectivity index (χ4n) is 3.81. The highest BCUT2D eigenvalue weighted by Crippen LogP contribution is 2.38. The van der Waals surface area contributed by atoms with Crippen LogP contribution >= 0.6 is 11.6 Å². The second-order valence-electron chi connectivity index (χ2n) is 7.94. The van der Waals surface area contributed by atoms with Crippen molar-refractivity contribution < 1.29 is 24.2 Å². The first kappa shape index (κ1) is 25.3. The Bertz CT molecular complexity index is 1570. The summed E-state index contributed by atoms with van der Waals surface area (Å²) in [6, 6.07) is 24.8. The van der Waals surface area contributed by atoms with Crippen LogP contribution in [0, 0.1) is 11.3 Å². The number of nitrogens with one attached hydrogen (secondary N) is 1. The molecule has 1 amide bonds. The smallest absolute Gasteiger partial charge is 0.337 e. The second-order valence-corrected chi connectivity index (χ2v) is 8.34. The summed E-state index contributed by atoms with van der Waals surface area (Å²) >= 11 is 6.51. The largest absolute Gasteiger partial charge is 0.493 e. The lowest BCUT2D eigenvalue weighted by atomic mass is 10.1. The van der Waals surface area contributed by atoms with Crippen molar-refractivity contribution in [1.82, 2.24) is 0 Å². The molecule has 8 heteroatoms. The molecular formula is C29H21ClN2O5. The molecule has 0 aliphatic heterocycles. The Morgan fingerprint density at radius 3 is 2.54 bits per heavy atom. The number of nitriles is 1. The fraction of sp³-hybridized carbons (Fsp3) is 0.0690. The van der Waals surface area contributed by atoms with E-state index in [2.05, 4.69) is 5.32 Å².